The fourth-order valence-corrected chi connectivity index (χ4v) is 2.04. The fourth-order valence-electron chi connectivity index (χ4n) is 2.04. The van der Waals surface area contributed by atoms with Crippen LogP contribution in [0.1, 0.15) is 19.8 Å². The summed E-state index contributed by atoms with van der Waals surface area (Å²) in [5, 5.41) is 25.3. The zero-order valence-corrected chi connectivity index (χ0v) is 9.70. The number of likely N-dealkylation sites (tertiary alicyclic amines) is 1. The van der Waals surface area contributed by atoms with E-state index in [0.29, 0.717) is 12.8 Å². The van der Waals surface area contributed by atoms with Gasteiger partial charge in [0, 0.05) is 13.1 Å². The van der Waals surface area contributed by atoms with E-state index in [1.165, 1.54) is 0 Å². The third kappa shape index (κ3) is 2.91. The fraction of sp³-hybridized carbons (Fsp3) is 0.900. The maximum atomic E-state index is 8.84. The minimum atomic E-state index is -0.761. The predicted octanol–water partition coefficient (Wildman–Crippen LogP) is -0.194. The second-order valence-electron chi connectivity index (χ2n) is 3.99. The summed E-state index contributed by atoms with van der Waals surface area (Å²) in [5.74, 6) is -0.0169. The van der Waals surface area contributed by atoms with Crippen LogP contribution in [0.2, 0.25) is 0 Å². The van der Waals surface area contributed by atoms with Gasteiger partial charge in [-0.1, -0.05) is 6.92 Å². The van der Waals surface area contributed by atoms with Crippen molar-refractivity contribution in [2.45, 2.75) is 25.4 Å². The molecule has 1 saturated heterocycles. The van der Waals surface area contributed by atoms with E-state index in [4.69, 9.17) is 20.5 Å². The smallest absolute Gasteiger partial charge is 0.150 e. The van der Waals surface area contributed by atoms with E-state index in [0.717, 1.165) is 19.6 Å². The number of nitrogens with one attached hydrogen (secondary N) is 2. The van der Waals surface area contributed by atoms with Crippen LogP contribution < -0.4 is 5.48 Å². The topological polar surface area (TPSA) is 88.8 Å². The lowest BCUT2D eigenvalue weighted by molar-refractivity contribution is -0.0532. The largest absolute Gasteiger partial charge is 0.394 e. The molecule has 0 aliphatic carbocycles. The van der Waals surface area contributed by atoms with Crippen molar-refractivity contribution in [3.05, 3.63) is 0 Å². The number of hydrogen-bond donors (Lipinski definition) is 4. The van der Waals surface area contributed by atoms with Crippen molar-refractivity contribution in [2.75, 3.05) is 32.8 Å². The van der Waals surface area contributed by atoms with Gasteiger partial charge in [0.2, 0.25) is 0 Å². The summed E-state index contributed by atoms with van der Waals surface area (Å²) < 4.78 is 5.54. The maximum absolute atomic E-state index is 8.84. The van der Waals surface area contributed by atoms with Crippen molar-refractivity contribution >= 4 is 5.84 Å². The first kappa shape index (κ1) is 13.4. The highest BCUT2D eigenvalue weighted by atomic mass is 16.5. The third-order valence-corrected chi connectivity index (χ3v) is 3.15. The van der Waals surface area contributed by atoms with Crippen LogP contribution in [0.25, 0.3) is 0 Å². The van der Waals surface area contributed by atoms with Crippen molar-refractivity contribution in [3.8, 4) is 0 Å². The second-order valence-corrected chi connectivity index (χ2v) is 3.99. The molecule has 1 heterocycles. The second kappa shape index (κ2) is 6.15. The van der Waals surface area contributed by atoms with Gasteiger partial charge in [0.25, 0.3) is 0 Å². The van der Waals surface area contributed by atoms with E-state index in [-0.39, 0.29) is 19.0 Å². The molecule has 0 unspecified atom stereocenters. The molecule has 1 rings (SSSR count). The van der Waals surface area contributed by atoms with Crippen molar-refractivity contribution in [3.63, 3.8) is 0 Å². The Bertz CT molecular complexity index is 227. The minimum absolute atomic E-state index is 0.0169. The van der Waals surface area contributed by atoms with Gasteiger partial charge >= 0.3 is 0 Å². The van der Waals surface area contributed by atoms with Crippen LogP contribution in [-0.2, 0) is 4.74 Å². The first-order valence-corrected chi connectivity index (χ1v) is 5.65. The number of amidine groups is 1. The minimum Gasteiger partial charge on any atom is -0.394 e. The lowest BCUT2D eigenvalue weighted by atomic mass is 9.90. The molecular formula is C10H21N3O3. The zero-order chi connectivity index (χ0) is 12.0. The molecule has 0 aromatic heterocycles. The number of rotatable bonds is 5. The Hall–Kier alpha value is -0.690. The highest BCUT2D eigenvalue weighted by Crippen LogP contribution is 2.26. The SMILES string of the molecule is CCN1CCC(OCCO)(C(=N)NO)CC1. The summed E-state index contributed by atoms with van der Waals surface area (Å²) in [4.78, 5) is 2.27. The molecule has 0 aromatic carbocycles. The first-order valence-electron chi connectivity index (χ1n) is 5.65. The Balaban J connectivity index is 2.62. The van der Waals surface area contributed by atoms with Crippen molar-refractivity contribution < 1.29 is 15.1 Å². The van der Waals surface area contributed by atoms with Gasteiger partial charge in [0.05, 0.1) is 13.2 Å². The average Bonchev–Trinajstić information content (AvgIpc) is 2.36. The Morgan fingerprint density at radius 1 is 1.50 bits per heavy atom. The van der Waals surface area contributed by atoms with Gasteiger partial charge in [-0.05, 0) is 19.4 Å². The number of piperidine rings is 1. The van der Waals surface area contributed by atoms with E-state index in [2.05, 4.69) is 11.8 Å². The lowest BCUT2D eigenvalue weighted by Crippen LogP contribution is -2.54. The summed E-state index contributed by atoms with van der Waals surface area (Å²) in [6, 6.07) is 0. The lowest BCUT2D eigenvalue weighted by Gasteiger charge is -2.40. The first-order chi connectivity index (χ1) is 7.68. The molecule has 0 aromatic rings. The van der Waals surface area contributed by atoms with Crippen LogP contribution in [0, 0.1) is 5.41 Å². The Morgan fingerprint density at radius 3 is 2.56 bits per heavy atom. The monoisotopic (exact) mass is 231 g/mol. The van der Waals surface area contributed by atoms with Gasteiger partial charge in [-0.3, -0.25) is 16.1 Å². The molecule has 0 spiro atoms. The van der Waals surface area contributed by atoms with Crippen LogP contribution in [0.4, 0.5) is 0 Å². The third-order valence-electron chi connectivity index (χ3n) is 3.15. The number of nitrogens with zero attached hydrogens (tertiary/aromatic N) is 1. The zero-order valence-electron chi connectivity index (χ0n) is 9.70. The van der Waals surface area contributed by atoms with Crippen LogP contribution in [0.3, 0.4) is 0 Å². The van der Waals surface area contributed by atoms with Gasteiger partial charge in [-0.2, -0.15) is 0 Å². The Labute approximate surface area is 95.7 Å². The van der Waals surface area contributed by atoms with Crippen molar-refractivity contribution in [1.29, 1.82) is 5.41 Å². The van der Waals surface area contributed by atoms with E-state index < -0.39 is 5.60 Å². The Kier molecular flexibility index (Phi) is 5.14. The van der Waals surface area contributed by atoms with Gasteiger partial charge in [0.15, 0.2) is 5.84 Å². The van der Waals surface area contributed by atoms with Gasteiger partial charge < -0.3 is 14.7 Å². The van der Waals surface area contributed by atoms with Crippen LogP contribution in [-0.4, -0.2) is 59.5 Å². The molecule has 1 aliphatic rings. The molecule has 6 nitrogen and oxygen atoms in total. The van der Waals surface area contributed by atoms with Gasteiger partial charge in [-0.25, -0.2) is 0 Å². The molecule has 4 N–H and O–H groups in total. The number of hydrogen-bond acceptors (Lipinski definition) is 5. The number of aliphatic hydroxyl groups excluding tert-OH is 1. The van der Waals surface area contributed by atoms with E-state index in [1.807, 2.05) is 5.48 Å². The van der Waals surface area contributed by atoms with Gasteiger partial charge in [0.1, 0.15) is 5.60 Å². The molecule has 0 atom stereocenters. The van der Waals surface area contributed by atoms with E-state index >= 15 is 0 Å². The molecule has 0 radical (unpaired) electrons. The van der Waals surface area contributed by atoms with E-state index in [1.54, 1.807) is 0 Å². The molecule has 1 fully saturated rings. The standard InChI is InChI=1S/C10H21N3O3/c1-2-13-5-3-10(4-6-13,9(11)12-15)16-8-7-14/h14-15H,2-8H2,1H3,(H2,11,12). The van der Waals surface area contributed by atoms with Crippen molar-refractivity contribution in [2.24, 2.45) is 0 Å². The maximum Gasteiger partial charge on any atom is 0.150 e. The summed E-state index contributed by atoms with van der Waals surface area (Å²) in [6.45, 7) is 4.87. The molecule has 0 bridgehead atoms. The normalized spacial score (nSPS) is 20.7. The van der Waals surface area contributed by atoms with E-state index in [9.17, 15) is 0 Å². The molecular weight excluding hydrogens is 210 g/mol. The van der Waals surface area contributed by atoms with Crippen LogP contribution >= 0.6 is 0 Å². The summed E-state index contributed by atoms with van der Waals surface area (Å²) in [7, 11) is 0. The average molecular weight is 231 g/mol. The highest BCUT2D eigenvalue weighted by Gasteiger charge is 2.39. The molecule has 16 heavy (non-hydrogen) atoms. The predicted molar refractivity (Wildman–Crippen MR) is 59.8 cm³/mol. The molecule has 0 amide bonds. The van der Waals surface area contributed by atoms with Gasteiger partial charge in [-0.15, -0.1) is 0 Å². The summed E-state index contributed by atoms with van der Waals surface area (Å²) >= 11 is 0. The number of hydroxylamine groups is 1. The molecule has 6 heteroatoms. The highest BCUT2D eigenvalue weighted by molar-refractivity contribution is 5.87. The number of ether oxygens (including phenoxy) is 1. The summed E-state index contributed by atoms with van der Waals surface area (Å²) in [5.41, 5.74) is 1.11. The van der Waals surface area contributed by atoms with Crippen LogP contribution in [0.15, 0.2) is 0 Å². The summed E-state index contributed by atoms with van der Waals surface area (Å²) in [6.07, 6.45) is 1.32. The quantitative estimate of drug-likeness (QED) is 0.299. The molecule has 94 valence electrons. The van der Waals surface area contributed by atoms with Crippen LogP contribution in [0.5, 0.6) is 0 Å². The molecule has 1 aliphatic heterocycles. The number of aliphatic hydroxyl groups is 1. The Morgan fingerprint density at radius 2 is 2.12 bits per heavy atom. The van der Waals surface area contributed by atoms with Crippen molar-refractivity contribution in [1.82, 2.24) is 10.4 Å². The molecule has 0 saturated carbocycles.